The van der Waals surface area contributed by atoms with Crippen LogP contribution < -0.4 is 5.73 Å². The van der Waals surface area contributed by atoms with Crippen molar-refractivity contribution in [3.63, 3.8) is 0 Å². The van der Waals surface area contributed by atoms with Crippen molar-refractivity contribution in [2.75, 3.05) is 0 Å². The monoisotopic (exact) mass is 229 g/mol. The Kier molecular flexibility index (Phi) is 3.25. The minimum atomic E-state index is -1.64. The Hall–Kier alpha value is -1.67. The molecule has 2 N–H and O–H groups in total. The van der Waals surface area contributed by atoms with Crippen molar-refractivity contribution in [2.45, 2.75) is 18.6 Å². The molecule has 88 valence electrons. The van der Waals surface area contributed by atoms with Gasteiger partial charge >= 0.3 is 0 Å². The number of alkyl halides is 1. The van der Waals surface area contributed by atoms with Gasteiger partial charge in [0.25, 0.3) is 0 Å². The van der Waals surface area contributed by atoms with Crippen molar-refractivity contribution in [2.24, 2.45) is 5.73 Å². The first-order valence-electron chi connectivity index (χ1n) is 5.71. The number of nitrogens with two attached hydrogens (primary N) is 1. The highest BCUT2D eigenvalue weighted by Crippen LogP contribution is 2.36. The third kappa shape index (κ3) is 2.08. The van der Waals surface area contributed by atoms with Crippen LogP contribution in [0.3, 0.4) is 0 Å². The van der Waals surface area contributed by atoms with Gasteiger partial charge in [0.1, 0.15) is 0 Å². The smallest absolute Gasteiger partial charge is 0.175 e. The summed E-state index contributed by atoms with van der Waals surface area (Å²) in [5.74, 6) is 0. The first kappa shape index (κ1) is 11.8. The molecule has 2 heteroatoms. The molecule has 0 fully saturated rings. The van der Waals surface area contributed by atoms with E-state index in [2.05, 4.69) is 0 Å². The van der Waals surface area contributed by atoms with Crippen LogP contribution in [0.2, 0.25) is 0 Å². The average molecular weight is 229 g/mol. The Morgan fingerprint density at radius 3 is 1.53 bits per heavy atom. The third-order valence-electron chi connectivity index (χ3n) is 3.02. The van der Waals surface area contributed by atoms with E-state index >= 15 is 4.39 Å². The summed E-state index contributed by atoms with van der Waals surface area (Å²) in [6, 6.07) is 17.5. The van der Waals surface area contributed by atoms with Crippen LogP contribution in [0.1, 0.15) is 18.1 Å². The van der Waals surface area contributed by atoms with Crippen molar-refractivity contribution >= 4 is 0 Å². The minimum Gasteiger partial charge on any atom is -0.325 e. The fraction of sp³-hybridized carbons (Fsp3) is 0.200. The van der Waals surface area contributed by atoms with E-state index in [4.69, 9.17) is 5.73 Å². The Morgan fingerprint density at radius 1 is 0.882 bits per heavy atom. The predicted octanol–water partition coefficient (Wildman–Crippen LogP) is 3.25. The Labute approximate surface area is 101 Å². The van der Waals surface area contributed by atoms with Crippen molar-refractivity contribution in [3.8, 4) is 0 Å². The van der Waals surface area contributed by atoms with Gasteiger partial charge in [0, 0.05) is 6.04 Å². The molecule has 0 spiro atoms. The van der Waals surface area contributed by atoms with Crippen LogP contribution in [0, 0.1) is 0 Å². The number of benzene rings is 2. The molecule has 0 bridgehead atoms. The van der Waals surface area contributed by atoms with Gasteiger partial charge in [-0.3, -0.25) is 0 Å². The molecular weight excluding hydrogens is 213 g/mol. The van der Waals surface area contributed by atoms with E-state index in [0.717, 1.165) is 0 Å². The van der Waals surface area contributed by atoms with Crippen LogP contribution in [0.15, 0.2) is 60.7 Å². The molecule has 0 heterocycles. The molecule has 0 amide bonds. The van der Waals surface area contributed by atoms with Crippen molar-refractivity contribution in [3.05, 3.63) is 71.8 Å². The lowest BCUT2D eigenvalue weighted by Crippen LogP contribution is -2.40. The normalized spacial score (nSPS) is 13.4. The van der Waals surface area contributed by atoms with Gasteiger partial charge < -0.3 is 5.73 Å². The molecule has 2 aromatic carbocycles. The fourth-order valence-electron chi connectivity index (χ4n) is 2.05. The predicted molar refractivity (Wildman–Crippen MR) is 68.4 cm³/mol. The maximum atomic E-state index is 15.3. The van der Waals surface area contributed by atoms with Gasteiger partial charge in [0.2, 0.25) is 0 Å². The Balaban J connectivity index is 2.55. The van der Waals surface area contributed by atoms with Gasteiger partial charge in [-0.05, 0) is 18.1 Å². The van der Waals surface area contributed by atoms with Gasteiger partial charge in [-0.1, -0.05) is 60.7 Å². The summed E-state index contributed by atoms with van der Waals surface area (Å²) in [7, 11) is 0. The zero-order valence-electron chi connectivity index (χ0n) is 9.81. The molecule has 0 aliphatic rings. The summed E-state index contributed by atoms with van der Waals surface area (Å²) in [5, 5.41) is 0. The van der Waals surface area contributed by atoms with Crippen LogP contribution in [-0.4, -0.2) is 6.04 Å². The number of halogens is 1. The third-order valence-corrected chi connectivity index (χ3v) is 3.02. The second kappa shape index (κ2) is 4.68. The molecule has 1 nitrogen and oxygen atoms in total. The lowest BCUT2D eigenvalue weighted by atomic mass is 9.83. The van der Waals surface area contributed by atoms with E-state index in [9.17, 15) is 0 Å². The SMILES string of the molecule is C[C@@H](N)C(F)(c1ccccc1)c1ccccc1. The zero-order valence-corrected chi connectivity index (χ0v) is 9.81. The van der Waals surface area contributed by atoms with Crippen LogP contribution in [0.5, 0.6) is 0 Å². The summed E-state index contributed by atoms with van der Waals surface area (Å²) in [4.78, 5) is 0. The zero-order chi connectivity index (χ0) is 12.3. The average Bonchev–Trinajstić information content (AvgIpc) is 2.39. The van der Waals surface area contributed by atoms with Crippen LogP contribution in [0.25, 0.3) is 0 Å². The highest BCUT2D eigenvalue weighted by atomic mass is 19.1. The lowest BCUT2D eigenvalue weighted by molar-refractivity contribution is 0.185. The largest absolute Gasteiger partial charge is 0.325 e. The minimum absolute atomic E-state index is 0.598. The molecule has 2 rings (SSSR count). The van der Waals surface area contributed by atoms with Gasteiger partial charge in [-0.25, -0.2) is 4.39 Å². The Bertz CT molecular complexity index is 425. The summed E-state index contributed by atoms with van der Waals surface area (Å²) >= 11 is 0. The molecular formula is C15H16FN. The van der Waals surface area contributed by atoms with E-state index < -0.39 is 11.7 Å². The summed E-state index contributed by atoms with van der Waals surface area (Å²) in [6.45, 7) is 1.69. The molecule has 0 aliphatic heterocycles. The number of rotatable bonds is 3. The molecule has 17 heavy (non-hydrogen) atoms. The summed E-state index contributed by atoms with van der Waals surface area (Å²) in [5.41, 5.74) is 5.42. The lowest BCUT2D eigenvalue weighted by Gasteiger charge is -2.30. The van der Waals surface area contributed by atoms with Gasteiger partial charge in [-0.2, -0.15) is 0 Å². The molecule has 0 saturated carbocycles. The molecule has 0 aliphatic carbocycles. The van der Waals surface area contributed by atoms with E-state index in [1.807, 2.05) is 36.4 Å². The van der Waals surface area contributed by atoms with Crippen molar-refractivity contribution in [1.29, 1.82) is 0 Å². The fourth-order valence-corrected chi connectivity index (χ4v) is 2.05. The van der Waals surface area contributed by atoms with Gasteiger partial charge in [-0.15, -0.1) is 0 Å². The van der Waals surface area contributed by atoms with E-state index in [0.29, 0.717) is 11.1 Å². The molecule has 0 radical (unpaired) electrons. The molecule has 0 aromatic heterocycles. The standard InChI is InChI=1S/C15H16FN/c1-12(17)15(16,13-8-4-2-5-9-13)14-10-6-3-7-11-14/h2-12H,17H2,1H3/t12-/m1/s1. The quantitative estimate of drug-likeness (QED) is 0.859. The van der Waals surface area contributed by atoms with Crippen LogP contribution in [-0.2, 0) is 5.67 Å². The van der Waals surface area contributed by atoms with E-state index in [-0.39, 0.29) is 0 Å². The molecule has 0 unspecified atom stereocenters. The van der Waals surface area contributed by atoms with Gasteiger partial charge in [0.15, 0.2) is 5.67 Å². The van der Waals surface area contributed by atoms with Crippen LogP contribution in [0.4, 0.5) is 4.39 Å². The number of hydrogen-bond acceptors (Lipinski definition) is 1. The first-order chi connectivity index (χ1) is 8.15. The van der Waals surface area contributed by atoms with E-state index in [1.165, 1.54) is 0 Å². The first-order valence-corrected chi connectivity index (χ1v) is 5.71. The second-order valence-electron chi connectivity index (χ2n) is 4.23. The van der Waals surface area contributed by atoms with Crippen LogP contribution >= 0.6 is 0 Å². The maximum Gasteiger partial charge on any atom is 0.175 e. The number of hydrogen-bond donors (Lipinski definition) is 1. The van der Waals surface area contributed by atoms with Crippen molar-refractivity contribution < 1.29 is 4.39 Å². The molecule has 1 atom stereocenters. The van der Waals surface area contributed by atoms with E-state index in [1.54, 1.807) is 31.2 Å². The second-order valence-corrected chi connectivity index (χ2v) is 4.23. The van der Waals surface area contributed by atoms with Crippen molar-refractivity contribution in [1.82, 2.24) is 0 Å². The highest BCUT2D eigenvalue weighted by molar-refractivity contribution is 5.37. The van der Waals surface area contributed by atoms with Gasteiger partial charge in [0.05, 0.1) is 0 Å². The molecule has 2 aromatic rings. The summed E-state index contributed by atoms with van der Waals surface area (Å²) in [6.07, 6.45) is 0. The molecule has 0 saturated heterocycles. The Morgan fingerprint density at radius 2 is 1.24 bits per heavy atom. The summed E-state index contributed by atoms with van der Waals surface area (Å²) < 4.78 is 15.3. The highest BCUT2D eigenvalue weighted by Gasteiger charge is 2.37. The topological polar surface area (TPSA) is 26.0 Å². The maximum absolute atomic E-state index is 15.3.